The van der Waals surface area contributed by atoms with Crippen molar-refractivity contribution in [3.8, 4) is 5.75 Å². The summed E-state index contributed by atoms with van der Waals surface area (Å²) >= 11 is 1.24. The van der Waals surface area contributed by atoms with Crippen LogP contribution < -0.4 is 10.1 Å². The van der Waals surface area contributed by atoms with E-state index in [-0.39, 0.29) is 6.61 Å². The minimum Gasteiger partial charge on any atom is -0.485 e. The topological polar surface area (TPSA) is 90.1 Å². The molecule has 0 bridgehead atoms. The zero-order valence-corrected chi connectivity index (χ0v) is 18.0. The summed E-state index contributed by atoms with van der Waals surface area (Å²) in [7, 11) is 0. The predicted molar refractivity (Wildman–Crippen MR) is 114 cm³/mol. The molecule has 0 spiro atoms. The maximum Gasteiger partial charge on any atom is 0.416 e. The van der Waals surface area contributed by atoms with E-state index in [2.05, 4.69) is 20.4 Å². The van der Waals surface area contributed by atoms with Gasteiger partial charge in [0.2, 0.25) is 11.7 Å². The number of nitrogens with zero attached hydrogens (tertiary/aromatic N) is 3. The number of alkyl halides is 3. The quantitative estimate of drug-likeness (QED) is 0.392. The van der Waals surface area contributed by atoms with Crippen LogP contribution in [0.4, 0.5) is 18.3 Å². The van der Waals surface area contributed by atoms with Crippen molar-refractivity contribution < 1.29 is 27.2 Å². The first-order chi connectivity index (χ1) is 15.8. The zero-order chi connectivity index (χ0) is 23.4. The van der Waals surface area contributed by atoms with E-state index in [0.717, 1.165) is 17.0 Å². The van der Waals surface area contributed by atoms with Crippen LogP contribution in [0.5, 0.6) is 5.75 Å². The molecule has 2 aromatic carbocycles. The summed E-state index contributed by atoms with van der Waals surface area (Å²) in [5.41, 5.74) is 0.316. The Labute approximate surface area is 190 Å². The highest BCUT2D eigenvalue weighted by Crippen LogP contribution is 2.30. The van der Waals surface area contributed by atoms with Crippen molar-refractivity contribution in [2.24, 2.45) is 0 Å². The fourth-order valence-corrected chi connectivity index (χ4v) is 3.79. The van der Waals surface area contributed by atoms with Crippen LogP contribution in [0.2, 0.25) is 0 Å². The minimum absolute atomic E-state index is 0.0379. The number of hydrogen-bond donors (Lipinski definition) is 1. The number of amides is 1. The molecular formula is C22H17F3N4O3S. The third-order valence-electron chi connectivity index (χ3n) is 4.49. The van der Waals surface area contributed by atoms with Gasteiger partial charge >= 0.3 is 6.18 Å². The average Bonchev–Trinajstić information content (AvgIpc) is 3.40. The molecule has 0 aliphatic carbocycles. The van der Waals surface area contributed by atoms with E-state index in [9.17, 15) is 18.0 Å². The Bertz CT molecular complexity index is 1250. The third kappa shape index (κ3) is 5.75. The van der Waals surface area contributed by atoms with Gasteiger partial charge in [-0.25, -0.2) is 4.98 Å². The molecule has 170 valence electrons. The maximum absolute atomic E-state index is 12.8. The fourth-order valence-electron chi connectivity index (χ4n) is 2.95. The lowest BCUT2D eigenvalue weighted by molar-refractivity contribution is -0.137. The zero-order valence-electron chi connectivity index (χ0n) is 17.2. The number of carbonyl (C=O) groups excluding carboxylic acids is 1. The van der Waals surface area contributed by atoms with Crippen LogP contribution >= 0.6 is 11.3 Å². The molecule has 0 unspecified atom stereocenters. The number of aromatic nitrogens is 3. The normalized spacial score (nSPS) is 11.4. The van der Waals surface area contributed by atoms with E-state index in [1.54, 1.807) is 37.4 Å². The molecule has 0 saturated carbocycles. The van der Waals surface area contributed by atoms with Crippen molar-refractivity contribution >= 4 is 22.4 Å². The number of nitrogens with one attached hydrogen (secondary N) is 1. The van der Waals surface area contributed by atoms with Crippen LogP contribution in [0.25, 0.3) is 0 Å². The fraction of sp³-hybridized carbons (Fsp3) is 0.182. The highest BCUT2D eigenvalue weighted by Gasteiger charge is 2.29. The lowest BCUT2D eigenvalue weighted by Gasteiger charge is -2.09. The molecule has 4 aromatic rings. The first kappa shape index (κ1) is 22.5. The number of halogens is 3. The van der Waals surface area contributed by atoms with Crippen LogP contribution in [-0.4, -0.2) is 21.0 Å². The average molecular weight is 474 g/mol. The van der Waals surface area contributed by atoms with Gasteiger partial charge < -0.3 is 9.26 Å². The molecule has 2 aromatic heterocycles. The van der Waals surface area contributed by atoms with Crippen LogP contribution in [-0.2, 0) is 19.2 Å². The second kappa shape index (κ2) is 9.41. The van der Waals surface area contributed by atoms with E-state index in [1.165, 1.54) is 23.5 Å². The number of anilines is 1. The van der Waals surface area contributed by atoms with Crippen molar-refractivity contribution in [3.63, 3.8) is 0 Å². The first-order valence-corrected chi connectivity index (χ1v) is 10.5. The number of rotatable bonds is 7. The summed E-state index contributed by atoms with van der Waals surface area (Å²) in [6.07, 6.45) is -2.39. The number of aryl methyl sites for hydroxylation is 1. The Hall–Kier alpha value is -3.73. The second-order valence-electron chi connectivity index (χ2n) is 6.97. The Balaban J connectivity index is 1.39. The molecule has 2 heterocycles. The molecule has 0 atom stereocenters. The molecule has 0 aliphatic heterocycles. The minimum atomic E-state index is -4.37. The second-order valence-corrected chi connectivity index (χ2v) is 8.09. The van der Waals surface area contributed by atoms with Crippen LogP contribution in [0.1, 0.15) is 38.1 Å². The maximum atomic E-state index is 12.8. The van der Waals surface area contributed by atoms with E-state index < -0.39 is 17.6 Å². The van der Waals surface area contributed by atoms with Crippen molar-refractivity contribution in [2.45, 2.75) is 26.1 Å². The Kier molecular flexibility index (Phi) is 6.40. The Morgan fingerprint density at radius 3 is 2.61 bits per heavy atom. The van der Waals surface area contributed by atoms with E-state index in [4.69, 9.17) is 9.26 Å². The first-order valence-electron chi connectivity index (χ1n) is 9.71. The molecule has 33 heavy (non-hydrogen) atoms. The van der Waals surface area contributed by atoms with Crippen LogP contribution in [0.3, 0.4) is 0 Å². The Morgan fingerprint density at radius 1 is 1.15 bits per heavy atom. The van der Waals surface area contributed by atoms with Gasteiger partial charge in [-0.2, -0.15) is 18.2 Å². The summed E-state index contributed by atoms with van der Waals surface area (Å²) in [6, 6.07) is 11.7. The molecule has 0 aliphatic rings. The van der Waals surface area contributed by atoms with Crippen molar-refractivity contribution in [3.05, 3.63) is 88.0 Å². The molecule has 0 saturated heterocycles. The summed E-state index contributed by atoms with van der Waals surface area (Å²) < 4.78 is 48.7. The highest BCUT2D eigenvalue weighted by atomic mass is 32.1. The monoisotopic (exact) mass is 474 g/mol. The van der Waals surface area contributed by atoms with Gasteiger partial charge in [-0.3, -0.25) is 10.1 Å². The van der Waals surface area contributed by atoms with Crippen molar-refractivity contribution in [1.29, 1.82) is 0 Å². The van der Waals surface area contributed by atoms with Gasteiger partial charge in [0.25, 0.3) is 5.91 Å². The molecule has 11 heteroatoms. The van der Waals surface area contributed by atoms with Gasteiger partial charge in [0.05, 0.1) is 11.1 Å². The summed E-state index contributed by atoms with van der Waals surface area (Å²) in [6.45, 7) is 1.70. The number of thiazole rings is 1. The number of hydrogen-bond acceptors (Lipinski definition) is 7. The van der Waals surface area contributed by atoms with E-state index >= 15 is 0 Å². The number of ether oxygens (including phenoxy) is 1. The van der Waals surface area contributed by atoms with E-state index in [0.29, 0.717) is 40.1 Å². The summed E-state index contributed by atoms with van der Waals surface area (Å²) in [5.74, 6) is 0.704. The predicted octanol–water partition coefficient (Wildman–Crippen LogP) is 5.28. The SMILES string of the molecule is Cc1nc(COc2ccccc2C(=O)Nc2ncc(Cc3ccc(C(F)(F)F)cc3)s2)no1. The molecule has 0 fully saturated rings. The number of carbonyl (C=O) groups is 1. The number of para-hydroxylation sites is 1. The van der Waals surface area contributed by atoms with E-state index in [1.807, 2.05) is 0 Å². The van der Waals surface area contributed by atoms with Gasteiger partial charge in [0.15, 0.2) is 11.7 Å². The molecular weight excluding hydrogens is 457 g/mol. The van der Waals surface area contributed by atoms with Crippen molar-refractivity contribution in [2.75, 3.05) is 5.32 Å². The molecule has 1 amide bonds. The van der Waals surface area contributed by atoms with Gasteiger partial charge in [0.1, 0.15) is 5.75 Å². The molecule has 7 nitrogen and oxygen atoms in total. The summed E-state index contributed by atoms with van der Waals surface area (Å²) in [4.78, 5) is 21.8. The summed E-state index contributed by atoms with van der Waals surface area (Å²) in [5, 5.41) is 6.84. The standard InChI is InChI=1S/C22H17F3N4O3S/c1-13-27-19(29-32-13)12-31-18-5-3-2-4-17(18)20(30)28-21-26-11-16(33-21)10-14-6-8-15(9-7-14)22(23,24)25/h2-9,11H,10,12H2,1H3,(H,26,28,30). The lowest BCUT2D eigenvalue weighted by atomic mass is 10.1. The third-order valence-corrected chi connectivity index (χ3v) is 5.40. The van der Waals surface area contributed by atoms with Crippen molar-refractivity contribution in [1.82, 2.24) is 15.1 Å². The van der Waals surface area contributed by atoms with Gasteiger partial charge in [-0.05, 0) is 29.8 Å². The van der Waals surface area contributed by atoms with Gasteiger partial charge in [-0.15, -0.1) is 11.3 Å². The molecule has 4 rings (SSSR count). The lowest BCUT2D eigenvalue weighted by Crippen LogP contribution is -2.13. The van der Waals surface area contributed by atoms with Crippen LogP contribution in [0.15, 0.2) is 59.3 Å². The molecule has 1 N–H and O–H groups in total. The van der Waals surface area contributed by atoms with Gasteiger partial charge in [-0.1, -0.05) is 29.4 Å². The Morgan fingerprint density at radius 2 is 1.91 bits per heavy atom. The van der Waals surface area contributed by atoms with Crippen LogP contribution in [0, 0.1) is 6.92 Å². The number of benzene rings is 2. The molecule has 0 radical (unpaired) electrons. The largest absolute Gasteiger partial charge is 0.485 e. The highest BCUT2D eigenvalue weighted by molar-refractivity contribution is 7.15. The smallest absolute Gasteiger partial charge is 0.416 e. The van der Waals surface area contributed by atoms with Gasteiger partial charge in [0, 0.05) is 24.4 Å².